The molecule has 0 fully saturated rings. The quantitative estimate of drug-likeness (QED) is 0.818. The molecule has 0 saturated carbocycles. The Morgan fingerprint density at radius 1 is 1.55 bits per heavy atom. The summed E-state index contributed by atoms with van der Waals surface area (Å²) in [5.41, 5.74) is 1.19. The molecule has 0 aliphatic heterocycles. The number of carbonyl (C=O) groups is 1. The van der Waals surface area contributed by atoms with Crippen LogP contribution in [0.4, 0.5) is 10.1 Å². The van der Waals surface area contributed by atoms with E-state index in [0.29, 0.717) is 11.3 Å². The molecule has 102 valence electrons. The van der Waals surface area contributed by atoms with Gasteiger partial charge in [-0.2, -0.15) is 0 Å². The molecule has 20 heavy (non-hydrogen) atoms. The first-order chi connectivity index (χ1) is 9.61. The number of aliphatic hydroxyl groups is 1. The van der Waals surface area contributed by atoms with E-state index in [1.54, 1.807) is 6.92 Å². The van der Waals surface area contributed by atoms with Crippen LogP contribution in [0, 0.1) is 24.6 Å². The molecule has 5 nitrogen and oxygen atoms in total. The van der Waals surface area contributed by atoms with Crippen LogP contribution in [0.25, 0.3) is 0 Å². The van der Waals surface area contributed by atoms with E-state index in [-0.39, 0.29) is 17.9 Å². The molecule has 0 aliphatic rings. The molecule has 2 N–H and O–H groups in total. The van der Waals surface area contributed by atoms with Gasteiger partial charge in [0.2, 0.25) is 5.76 Å². The normalized spacial score (nSPS) is 9.75. The van der Waals surface area contributed by atoms with Crippen molar-refractivity contribution in [1.82, 2.24) is 5.16 Å². The fourth-order valence-corrected chi connectivity index (χ4v) is 1.55. The lowest BCUT2D eigenvalue weighted by atomic mass is 10.1. The molecule has 6 heteroatoms. The van der Waals surface area contributed by atoms with E-state index in [9.17, 15) is 9.18 Å². The minimum atomic E-state index is -0.501. The molecule has 0 bridgehead atoms. The van der Waals surface area contributed by atoms with E-state index in [2.05, 4.69) is 22.3 Å². The molecular formula is C14H11FN2O3. The van der Waals surface area contributed by atoms with Gasteiger partial charge < -0.3 is 14.9 Å². The zero-order chi connectivity index (χ0) is 14.5. The Bertz CT molecular complexity index is 698. The molecule has 2 aromatic rings. The van der Waals surface area contributed by atoms with Crippen molar-refractivity contribution in [1.29, 1.82) is 0 Å². The average molecular weight is 274 g/mol. The van der Waals surface area contributed by atoms with Crippen LogP contribution in [0.1, 0.15) is 21.7 Å². The van der Waals surface area contributed by atoms with Gasteiger partial charge in [0.15, 0.2) is 0 Å². The summed E-state index contributed by atoms with van der Waals surface area (Å²) in [5.74, 6) is 4.06. The summed E-state index contributed by atoms with van der Waals surface area (Å²) in [6.45, 7) is 1.33. The number of hydrogen-bond donors (Lipinski definition) is 2. The van der Waals surface area contributed by atoms with Gasteiger partial charge in [-0.3, -0.25) is 4.79 Å². The van der Waals surface area contributed by atoms with Crippen LogP contribution >= 0.6 is 0 Å². The summed E-state index contributed by atoms with van der Waals surface area (Å²) in [6.07, 6.45) is 1.42. The van der Waals surface area contributed by atoms with Crippen molar-refractivity contribution >= 4 is 11.6 Å². The van der Waals surface area contributed by atoms with Gasteiger partial charge in [0.25, 0.3) is 5.91 Å². The van der Waals surface area contributed by atoms with Gasteiger partial charge in [-0.05, 0) is 25.1 Å². The van der Waals surface area contributed by atoms with Crippen molar-refractivity contribution in [2.75, 3.05) is 11.9 Å². The summed E-state index contributed by atoms with van der Waals surface area (Å²) in [6, 6.07) is 3.76. The topological polar surface area (TPSA) is 75.4 Å². The van der Waals surface area contributed by atoms with E-state index in [0.717, 1.165) is 0 Å². The van der Waals surface area contributed by atoms with Crippen molar-refractivity contribution < 1.29 is 18.8 Å². The molecule has 1 amide bonds. The molecule has 0 aliphatic carbocycles. The van der Waals surface area contributed by atoms with Gasteiger partial charge >= 0.3 is 0 Å². The van der Waals surface area contributed by atoms with E-state index < -0.39 is 11.7 Å². The van der Waals surface area contributed by atoms with Crippen LogP contribution in [0.3, 0.4) is 0 Å². The average Bonchev–Trinajstić information content (AvgIpc) is 2.85. The summed E-state index contributed by atoms with van der Waals surface area (Å²) < 4.78 is 18.0. The highest BCUT2D eigenvalue weighted by molar-refractivity contribution is 6.03. The number of aromatic nitrogens is 1. The second kappa shape index (κ2) is 5.99. The van der Waals surface area contributed by atoms with Gasteiger partial charge in [0, 0.05) is 5.56 Å². The number of carbonyl (C=O) groups excluding carboxylic acids is 1. The number of halogens is 1. The third-order valence-electron chi connectivity index (χ3n) is 2.49. The van der Waals surface area contributed by atoms with E-state index in [4.69, 9.17) is 9.63 Å². The Labute approximate surface area is 114 Å². The van der Waals surface area contributed by atoms with Crippen LogP contribution in [-0.4, -0.2) is 22.8 Å². The Kier molecular flexibility index (Phi) is 4.13. The van der Waals surface area contributed by atoms with Gasteiger partial charge in [0.1, 0.15) is 12.4 Å². The number of anilines is 1. The fourth-order valence-electron chi connectivity index (χ4n) is 1.55. The van der Waals surface area contributed by atoms with Gasteiger partial charge in [0.05, 0.1) is 17.4 Å². The first kappa shape index (κ1) is 13.8. The van der Waals surface area contributed by atoms with Crippen molar-refractivity contribution in [2.24, 2.45) is 0 Å². The molecule has 1 aromatic carbocycles. The second-order valence-corrected chi connectivity index (χ2v) is 3.94. The number of amides is 1. The monoisotopic (exact) mass is 274 g/mol. The summed E-state index contributed by atoms with van der Waals surface area (Å²) in [7, 11) is 0. The molecule has 2 rings (SSSR count). The molecule has 1 heterocycles. The Morgan fingerprint density at radius 3 is 3.00 bits per heavy atom. The Balaban J connectivity index is 2.29. The maximum absolute atomic E-state index is 13.2. The summed E-state index contributed by atoms with van der Waals surface area (Å²) >= 11 is 0. The number of aliphatic hydroxyl groups excluding tert-OH is 1. The number of benzene rings is 1. The van der Waals surface area contributed by atoms with E-state index >= 15 is 0 Å². The molecule has 0 spiro atoms. The predicted molar refractivity (Wildman–Crippen MR) is 69.6 cm³/mol. The maximum Gasteiger partial charge on any atom is 0.294 e. The van der Waals surface area contributed by atoms with Crippen molar-refractivity contribution in [3.8, 4) is 11.8 Å². The lowest BCUT2D eigenvalue weighted by Crippen LogP contribution is -2.13. The zero-order valence-electron chi connectivity index (χ0n) is 10.6. The highest BCUT2D eigenvalue weighted by Gasteiger charge is 2.15. The molecule has 0 radical (unpaired) electrons. The van der Waals surface area contributed by atoms with Gasteiger partial charge in [-0.15, -0.1) is 0 Å². The van der Waals surface area contributed by atoms with Crippen molar-refractivity contribution in [3.05, 3.63) is 47.1 Å². The molecule has 0 atom stereocenters. The number of hydrogen-bond acceptors (Lipinski definition) is 4. The van der Waals surface area contributed by atoms with Crippen molar-refractivity contribution in [2.45, 2.75) is 6.92 Å². The Morgan fingerprint density at radius 2 is 2.35 bits per heavy atom. The van der Waals surface area contributed by atoms with E-state index in [1.807, 2.05) is 0 Å². The summed E-state index contributed by atoms with van der Waals surface area (Å²) in [5, 5.41) is 14.8. The predicted octanol–water partition coefficient (Wildman–Crippen LogP) is 1.72. The lowest BCUT2D eigenvalue weighted by Gasteiger charge is -2.06. The minimum absolute atomic E-state index is 0.0791. The molecule has 0 saturated heterocycles. The largest absolute Gasteiger partial charge is 0.384 e. The van der Waals surface area contributed by atoms with Crippen molar-refractivity contribution in [3.63, 3.8) is 0 Å². The first-order valence-electron chi connectivity index (χ1n) is 5.73. The summed E-state index contributed by atoms with van der Waals surface area (Å²) in [4.78, 5) is 12.0. The lowest BCUT2D eigenvalue weighted by molar-refractivity contribution is 0.0987. The SMILES string of the molecule is Cc1cnoc1C(=O)Nc1ccc(F)cc1C#CCO. The van der Waals surface area contributed by atoms with Crippen LogP contribution < -0.4 is 5.32 Å². The van der Waals surface area contributed by atoms with Crippen LogP contribution in [0.5, 0.6) is 0 Å². The first-order valence-corrected chi connectivity index (χ1v) is 5.73. The smallest absolute Gasteiger partial charge is 0.294 e. The van der Waals surface area contributed by atoms with Crippen LogP contribution in [-0.2, 0) is 0 Å². The third-order valence-corrected chi connectivity index (χ3v) is 2.49. The van der Waals surface area contributed by atoms with Gasteiger partial charge in [-0.1, -0.05) is 17.0 Å². The highest BCUT2D eigenvalue weighted by Crippen LogP contribution is 2.18. The number of nitrogens with zero attached hydrogens (tertiary/aromatic N) is 1. The third kappa shape index (κ3) is 3.02. The van der Waals surface area contributed by atoms with Gasteiger partial charge in [-0.25, -0.2) is 4.39 Å². The number of rotatable bonds is 2. The minimum Gasteiger partial charge on any atom is -0.384 e. The molecule has 1 aromatic heterocycles. The number of aryl methyl sites for hydroxylation is 1. The molecule has 0 unspecified atom stereocenters. The van der Waals surface area contributed by atoms with E-state index in [1.165, 1.54) is 24.4 Å². The second-order valence-electron chi connectivity index (χ2n) is 3.94. The zero-order valence-corrected chi connectivity index (χ0v) is 10.6. The standard InChI is InChI=1S/C14H11FN2O3/c1-9-8-16-20-13(9)14(19)17-12-5-4-11(15)7-10(12)3-2-6-18/h4-5,7-8,18H,6H2,1H3,(H,17,19). The number of nitrogens with one attached hydrogen (secondary N) is 1. The fraction of sp³-hybridized carbons (Fsp3) is 0.143. The highest BCUT2D eigenvalue weighted by atomic mass is 19.1. The van der Waals surface area contributed by atoms with Crippen LogP contribution in [0.15, 0.2) is 28.9 Å². The Hall–Kier alpha value is -2.65. The molecular weight excluding hydrogens is 263 g/mol. The van der Waals surface area contributed by atoms with Crippen LogP contribution in [0.2, 0.25) is 0 Å². The maximum atomic E-state index is 13.2.